The first-order valence-electron chi connectivity index (χ1n) is 7.82. The fourth-order valence-corrected chi connectivity index (χ4v) is 3.36. The summed E-state index contributed by atoms with van der Waals surface area (Å²) in [6, 6.07) is 7.40. The van der Waals surface area contributed by atoms with Gasteiger partial charge >= 0.3 is 31.1 Å². The van der Waals surface area contributed by atoms with Crippen molar-refractivity contribution in [1.82, 2.24) is 0 Å². The van der Waals surface area contributed by atoms with Gasteiger partial charge in [-0.3, -0.25) is 0 Å². The third-order valence-electron chi connectivity index (χ3n) is 4.70. The number of aliphatic hydroxyl groups is 1. The molecule has 1 amide bonds. The zero-order valence-corrected chi connectivity index (χ0v) is 17.7. The SMILES string of the molecule is [CH2-][C@H](C)N([C-]=O)c1ccc(C(O)C2(CCC)CCC2)cc1.[U+2]. The van der Waals surface area contributed by atoms with E-state index in [9.17, 15) is 9.90 Å². The second kappa shape index (κ2) is 8.53. The van der Waals surface area contributed by atoms with Gasteiger partial charge in [-0.05, 0) is 24.8 Å². The Morgan fingerprint density at radius 1 is 1.36 bits per heavy atom. The molecule has 0 heterocycles. The van der Waals surface area contributed by atoms with Crippen LogP contribution < -0.4 is 4.90 Å². The zero-order chi connectivity index (χ0) is 15.5. The average molecular weight is 525 g/mol. The molecule has 0 saturated heterocycles. The smallest absolute Gasteiger partial charge is 0.500 e. The topological polar surface area (TPSA) is 40.5 Å². The van der Waals surface area contributed by atoms with Crippen molar-refractivity contribution in [1.29, 1.82) is 0 Å². The third-order valence-corrected chi connectivity index (χ3v) is 4.70. The van der Waals surface area contributed by atoms with Gasteiger partial charge in [0, 0.05) is 5.41 Å². The van der Waals surface area contributed by atoms with E-state index in [2.05, 4.69) is 13.8 Å². The molecule has 22 heavy (non-hydrogen) atoms. The molecule has 0 radical (unpaired) electrons. The molecule has 0 bridgehead atoms. The monoisotopic (exact) mass is 525 g/mol. The molecule has 3 nitrogen and oxygen atoms in total. The van der Waals surface area contributed by atoms with Crippen LogP contribution in [0.3, 0.4) is 0 Å². The first kappa shape index (κ1) is 19.7. The van der Waals surface area contributed by atoms with Crippen molar-refractivity contribution >= 4 is 12.1 Å². The van der Waals surface area contributed by atoms with Gasteiger partial charge in [-0.25, -0.2) is 0 Å². The number of rotatable bonds is 7. The Kier molecular flexibility index (Phi) is 7.65. The van der Waals surface area contributed by atoms with Gasteiger partial charge < -0.3 is 21.7 Å². The van der Waals surface area contributed by atoms with Gasteiger partial charge in [0.1, 0.15) is 0 Å². The Morgan fingerprint density at radius 3 is 2.32 bits per heavy atom. The average Bonchev–Trinajstić information content (AvgIpc) is 2.43. The molecule has 2 rings (SSSR count). The van der Waals surface area contributed by atoms with E-state index >= 15 is 0 Å². The second-order valence-electron chi connectivity index (χ2n) is 6.27. The van der Waals surface area contributed by atoms with Crippen LogP contribution in [0.15, 0.2) is 24.3 Å². The summed E-state index contributed by atoms with van der Waals surface area (Å²) in [5.41, 5.74) is 1.77. The molecule has 0 aromatic heterocycles. The van der Waals surface area contributed by atoms with Crippen LogP contribution in [0.2, 0.25) is 0 Å². The maximum absolute atomic E-state index is 11.0. The van der Waals surface area contributed by atoms with E-state index in [0.717, 1.165) is 36.9 Å². The third kappa shape index (κ3) is 3.96. The van der Waals surface area contributed by atoms with E-state index in [4.69, 9.17) is 0 Å². The summed E-state index contributed by atoms with van der Waals surface area (Å²) < 4.78 is 0. The van der Waals surface area contributed by atoms with Crippen LogP contribution in [-0.2, 0) is 4.79 Å². The zero-order valence-electron chi connectivity index (χ0n) is 13.5. The van der Waals surface area contributed by atoms with Gasteiger partial charge in [-0.1, -0.05) is 38.8 Å². The molecule has 2 atom stereocenters. The molecule has 1 aliphatic carbocycles. The summed E-state index contributed by atoms with van der Waals surface area (Å²) in [4.78, 5) is 12.4. The molecule has 1 unspecified atom stereocenters. The molecule has 1 aromatic rings. The van der Waals surface area contributed by atoms with Crippen molar-refractivity contribution in [2.45, 2.75) is 58.1 Å². The van der Waals surface area contributed by atoms with Crippen molar-refractivity contribution in [2.24, 2.45) is 5.41 Å². The fraction of sp³-hybridized carbons (Fsp3) is 0.556. The molecule has 1 saturated carbocycles. The maximum Gasteiger partial charge on any atom is 2.00 e. The summed E-state index contributed by atoms with van der Waals surface area (Å²) in [6.07, 6.45) is 7.08. The van der Waals surface area contributed by atoms with E-state index in [0.29, 0.717) is 0 Å². The molecule has 118 valence electrons. The summed E-state index contributed by atoms with van der Waals surface area (Å²) in [5, 5.41) is 10.7. The second-order valence-corrected chi connectivity index (χ2v) is 6.27. The number of benzene rings is 1. The first-order chi connectivity index (χ1) is 10.0. The predicted molar refractivity (Wildman–Crippen MR) is 85.6 cm³/mol. The summed E-state index contributed by atoms with van der Waals surface area (Å²) in [7, 11) is 0. The Bertz CT molecular complexity index is 468. The van der Waals surface area contributed by atoms with E-state index in [1.54, 1.807) is 0 Å². The van der Waals surface area contributed by atoms with E-state index in [-0.39, 0.29) is 42.6 Å². The molecule has 0 aliphatic heterocycles. The first-order valence-corrected chi connectivity index (χ1v) is 7.82. The molecule has 1 aliphatic rings. The number of aliphatic hydroxyl groups excluding tert-OH is 1. The van der Waals surface area contributed by atoms with Gasteiger partial charge in [0.05, 0.1) is 12.5 Å². The fourth-order valence-electron chi connectivity index (χ4n) is 3.36. The van der Waals surface area contributed by atoms with Crippen molar-refractivity contribution < 1.29 is 41.0 Å². The summed E-state index contributed by atoms with van der Waals surface area (Å²) in [6.45, 7) is 7.86. The molecule has 4 heteroatoms. The minimum absolute atomic E-state index is 0. The molecule has 1 fully saturated rings. The number of carbonyl (C=O) groups excluding carboxylic acids is 1. The van der Waals surface area contributed by atoms with Crippen LogP contribution >= 0.6 is 0 Å². The van der Waals surface area contributed by atoms with Crippen LogP contribution in [0.1, 0.15) is 57.6 Å². The van der Waals surface area contributed by atoms with Crippen LogP contribution in [-0.4, -0.2) is 17.6 Å². The van der Waals surface area contributed by atoms with Crippen LogP contribution in [0.4, 0.5) is 5.69 Å². The van der Waals surface area contributed by atoms with Crippen LogP contribution in [0, 0.1) is 43.5 Å². The summed E-state index contributed by atoms with van der Waals surface area (Å²) >= 11 is 0. The van der Waals surface area contributed by atoms with E-state index < -0.39 is 6.10 Å². The van der Waals surface area contributed by atoms with Crippen molar-refractivity contribution in [3.63, 3.8) is 0 Å². The van der Waals surface area contributed by atoms with E-state index in [1.807, 2.05) is 37.6 Å². The van der Waals surface area contributed by atoms with Gasteiger partial charge in [-0.2, -0.15) is 0 Å². The summed E-state index contributed by atoms with van der Waals surface area (Å²) in [5.74, 6) is 0. The number of nitrogens with zero attached hydrogens (tertiary/aromatic N) is 1. The minimum Gasteiger partial charge on any atom is -0.500 e. The van der Waals surface area contributed by atoms with Gasteiger partial charge in [0.25, 0.3) is 0 Å². The van der Waals surface area contributed by atoms with Gasteiger partial charge in [0.2, 0.25) is 0 Å². The Hall–Kier alpha value is -0.298. The van der Waals surface area contributed by atoms with Crippen LogP contribution in [0.25, 0.3) is 0 Å². The van der Waals surface area contributed by atoms with E-state index in [1.165, 1.54) is 11.3 Å². The Balaban J connectivity index is 0.00000242. The maximum atomic E-state index is 11.0. The number of hydrogen-bond acceptors (Lipinski definition) is 2. The Morgan fingerprint density at radius 2 is 1.95 bits per heavy atom. The largest absolute Gasteiger partial charge is 2.00 e. The molecule has 1 N–H and O–H groups in total. The number of amides is 1. The minimum atomic E-state index is -0.411. The normalized spacial score (nSPS) is 18.5. The van der Waals surface area contributed by atoms with Crippen LogP contribution in [0.5, 0.6) is 0 Å². The molecule has 1 aromatic carbocycles. The quantitative estimate of drug-likeness (QED) is 0.435. The van der Waals surface area contributed by atoms with Gasteiger partial charge in [-0.15, -0.1) is 23.9 Å². The standard InChI is InChI=1S/C18H25NO2.U/c1-4-10-18(11-5-12-18)17(21)15-6-8-16(9-7-15)19(13-20)14(2)3;/h6-9,14,17,21H,2,4-5,10-12H2,1,3H3;/q-2;+2/t14-,17?;/m1./s1. The molecular formula is C18H25NO2U. The Labute approximate surface area is 157 Å². The van der Waals surface area contributed by atoms with Crippen molar-refractivity contribution in [3.05, 3.63) is 36.8 Å². The number of hydrogen-bond donors (Lipinski definition) is 1. The molecular weight excluding hydrogens is 500 g/mol. The van der Waals surface area contributed by atoms with Crippen molar-refractivity contribution in [3.8, 4) is 0 Å². The molecule has 0 spiro atoms. The predicted octanol–water partition coefficient (Wildman–Crippen LogP) is 3.79. The van der Waals surface area contributed by atoms with Crippen molar-refractivity contribution in [2.75, 3.05) is 4.90 Å². The van der Waals surface area contributed by atoms with Gasteiger partial charge in [0.15, 0.2) is 0 Å². The number of anilines is 1.